The van der Waals surface area contributed by atoms with Crippen molar-refractivity contribution < 1.29 is 18.3 Å². The first kappa shape index (κ1) is 14.7. The Kier molecular flexibility index (Phi) is 4.46. The molecule has 0 radical (unpaired) electrons. The first-order valence-electron chi connectivity index (χ1n) is 5.73. The van der Waals surface area contributed by atoms with Gasteiger partial charge in [0, 0.05) is 17.6 Å². The minimum Gasteiger partial charge on any atom is -0.398 e. The second-order valence-electron chi connectivity index (χ2n) is 4.22. The highest BCUT2D eigenvalue weighted by Crippen LogP contribution is 2.27. The Morgan fingerprint density at radius 1 is 1.53 bits per heavy atom. The molecule has 106 valence electrons. The third-order valence-electron chi connectivity index (χ3n) is 2.90. The lowest BCUT2D eigenvalue weighted by Crippen LogP contribution is -2.46. The highest BCUT2D eigenvalue weighted by Gasteiger charge is 2.31. The number of halogens is 1. The SMILES string of the molecule is Nc1ccc(Br)cc1S(=O)(=O)N1CCOC(CO)C1. The quantitative estimate of drug-likeness (QED) is 0.770. The second kappa shape index (κ2) is 5.76. The molecule has 1 unspecified atom stereocenters. The molecule has 1 aliphatic rings. The van der Waals surface area contributed by atoms with E-state index in [0.717, 1.165) is 0 Å². The summed E-state index contributed by atoms with van der Waals surface area (Å²) in [7, 11) is -3.67. The molecule has 0 spiro atoms. The Morgan fingerprint density at radius 3 is 2.95 bits per heavy atom. The Morgan fingerprint density at radius 2 is 2.26 bits per heavy atom. The molecule has 0 amide bonds. The third-order valence-corrected chi connectivity index (χ3v) is 5.31. The van der Waals surface area contributed by atoms with E-state index in [-0.39, 0.29) is 36.9 Å². The fourth-order valence-electron chi connectivity index (χ4n) is 1.89. The standard InChI is InChI=1S/C11H15BrN2O4S/c12-8-1-2-10(13)11(5-8)19(16,17)14-3-4-18-9(6-14)7-15/h1-2,5,9,15H,3-4,6-7,13H2. The van der Waals surface area contributed by atoms with Gasteiger partial charge in [-0.3, -0.25) is 0 Å². The van der Waals surface area contributed by atoms with Crippen molar-refractivity contribution in [3.63, 3.8) is 0 Å². The highest BCUT2D eigenvalue weighted by molar-refractivity contribution is 9.10. The summed E-state index contributed by atoms with van der Waals surface area (Å²) >= 11 is 3.24. The van der Waals surface area contributed by atoms with Gasteiger partial charge in [-0.1, -0.05) is 15.9 Å². The number of rotatable bonds is 3. The van der Waals surface area contributed by atoms with E-state index < -0.39 is 16.1 Å². The van der Waals surface area contributed by atoms with E-state index in [9.17, 15) is 8.42 Å². The lowest BCUT2D eigenvalue weighted by molar-refractivity contribution is -0.0304. The zero-order chi connectivity index (χ0) is 14.0. The molecule has 8 heteroatoms. The van der Waals surface area contributed by atoms with E-state index in [1.807, 2.05) is 0 Å². The van der Waals surface area contributed by atoms with Gasteiger partial charge in [0.15, 0.2) is 0 Å². The number of nitrogens with two attached hydrogens (primary N) is 1. The van der Waals surface area contributed by atoms with Crippen molar-refractivity contribution in [3.05, 3.63) is 22.7 Å². The number of anilines is 1. The molecule has 0 aromatic heterocycles. The molecule has 0 bridgehead atoms. The number of hydrogen-bond donors (Lipinski definition) is 2. The largest absolute Gasteiger partial charge is 0.398 e. The van der Waals surface area contributed by atoms with Gasteiger partial charge in [0.05, 0.1) is 25.0 Å². The van der Waals surface area contributed by atoms with E-state index in [4.69, 9.17) is 15.6 Å². The van der Waals surface area contributed by atoms with Gasteiger partial charge in [0.1, 0.15) is 4.90 Å². The van der Waals surface area contributed by atoms with Crippen molar-refractivity contribution in [1.29, 1.82) is 0 Å². The number of morpholine rings is 1. The van der Waals surface area contributed by atoms with E-state index in [0.29, 0.717) is 4.47 Å². The summed E-state index contributed by atoms with van der Waals surface area (Å²) in [6, 6.07) is 4.71. The molecule has 6 nitrogen and oxygen atoms in total. The first-order chi connectivity index (χ1) is 8.95. The maximum Gasteiger partial charge on any atom is 0.245 e. The third kappa shape index (κ3) is 3.09. The van der Waals surface area contributed by atoms with E-state index >= 15 is 0 Å². The number of aliphatic hydroxyl groups is 1. The molecule has 1 aromatic carbocycles. The number of nitrogen functional groups attached to an aromatic ring is 1. The maximum absolute atomic E-state index is 12.5. The number of nitrogens with zero attached hydrogens (tertiary/aromatic N) is 1. The fourth-order valence-corrected chi connectivity index (χ4v) is 4.00. The Hall–Kier alpha value is -0.670. The first-order valence-corrected chi connectivity index (χ1v) is 7.96. The van der Waals surface area contributed by atoms with Gasteiger partial charge in [-0.2, -0.15) is 4.31 Å². The van der Waals surface area contributed by atoms with E-state index in [1.54, 1.807) is 12.1 Å². The normalized spacial score (nSPS) is 21.5. The van der Waals surface area contributed by atoms with Crippen molar-refractivity contribution in [3.8, 4) is 0 Å². The molecule has 1 fully saturated rings. The van der Waals surface area contributed by atoms with Crippen LogP contribution in [0.2, 0.25) is 0 Å². The van der Waals surface area contributed by atoms with Gasteiger partial charge >= 0.3 is 0 Å². The van der Waals surface area contributed by atoms with Crippen LogP contribution in [0.25, 0.3) is 0 Å². The molecule has 1 aliphatic heterocycles. The molecule has 3 N–H and O–H groups in total. The second-order valence-corrected chi connectivity index (χ2v) is 7.04. The van der Waals surface area contributed by atoms with Crippen molar-refractivity contribution >= 4 is 31.6 Å². The average molecular weight is 351 g/mol. The van der Waals surface area contributed by atoms with Crippen LogP contribution in [-0.4, -0.2) is 50.2 Å². The molecule has 1 saturated heterocycles. The minimum absolute atomic E-state index is 0.0699. The number of hydrogen-bond acceptors (Lipinski definition) is 5. The van der Waals surface area contributed by atoms with Crippen molar-refractivity contribution in [2.75, 3.05) is 32.0 Å². The van der Waals surface area contributed by atoms with Gasteiger partial charge < -0.3 is 15.6 Å². The van der Waals surface area contributed by atoms with Crippen LogP contribution >= 0.6 is 15.9 Å². The number of aliphatic hydroxyl groups excluding tert-OH is 1. The predicted octanol–water partition coefficient (Wildman–Crippen LogP) is 0.413. The zero-order valence-electron chi connectivity index (χ0n) is 10.1. The Labute approximate surface area is 120 Å². The van der Waals surface area contributed by atoms with Crippen LogP contribution < -0.4 is 5.73 Å². The molecular weight excluding hydrogens is 336 g/mol. The van der Waals surface area contributed by atoms with Gasteiger partial charge in [0.25, 0.3) is 0 Å². The van der Waals surface area contributed by atoms with Crippen LogP contribution in [0.5, 0.6) is 0 Å². The molecule has 19 heavy (non-hydrogen) atoms. The number of benzene rings is 1. The van der Waals surface area contributed by atoms with Crippen LogP contribution in [0.15, 0.2) is 27.6 Å². The van der Waals surface area contributed by atoms with Crippen LogP contribution in [0, 0.1) is 0 Å². The maximum atomic E-state index is 12.5. The van der Waals surface area contributed by atoms with Crippen LogP contribution in [0.1, 0.15) is 0 Å². The van der Waals surface area contributed by atoms with Gasteiger partial charge in [0.2, 0.25) is 10.0 Å². The van der Waals surface area contributed by atoms with Crippen LogP contribution in [0.3, 0.4) is 0 Å². The zero-order valence-corrected chi connectivity index (χ0v) is 12.5. The molecule has 1 heterocycles. The molecule has 1 atom stereocenters. The van der Waals surface area contributed by atoms with Crippen LogP contribution in [0.4, 0.5) is 5.69 Å². The summed E-state index contributed by atoms with van der Waals surface area (Å²) < 4.78 is 32.2. The topological polar surface area (TPSA) is 92.9 Å². The van der Waals surface area contributed by atoms with Crippen molar-refractivity contribution in [1.82, 2.24) is 4.31 Å². The monoisotopic (exact) mass is 350 g/mol. The minimum atomic E-state index is -3.67. The summed E-state index contributed by atoms with van der Waals surface area (Å²) in [4.78, 5) is 0.0699. The highest BCUT2D eigenvalue weighted by atomic mass is 79.9. The Balaban J connectivity index is 2.34. The van der Waals surface area contributed by atoms with Crippen LogP contribution in [-0.2, 0) is 14.8 Å². The van der Waals surface area contributed by atoms with Crippen molar-refractivity contribution in [2.45, 2.75) is 11.0 Å². The summed E-state index contributed by atoms with van der Waals surface area (Å²) in [6.07, 6.45) is -0.489. The summed E-state index contributed by atoms with van der Waals surface area (Å²) in [5.74, 6) is 0. The number of sulfonamides is 1. The van der Waals surface area contributed by atoms with Crippen molar-refractivity contribution in [2.24, 2.45) is 0 Å². The molecule has 1 aromatic rings. The van der Waals surface area contributed by atoms with E-state index in [1.165, 1.54) is 10.4 Å². The molecule has 0 saturated carbocycles. The van der Waals surface area contributed by atoms with Gasteiger partial charge in [-0.05, 0) is 18.2 Å². The predicted molar refractivity (Wildman–Crippen MR) is 74.1 cm³/mol. The Bertz CT molecular complexity index is 564. The average Bonchev–Trinajstić information content (AvgIpc) is 2.41. The van der Waals surface area contributed by atoms with Gasteiger partial charge in [-0.25, -0.2) is 8.42 Å². The molecule has 2 rings (SSSR count). The lowest BCUT2D eigenvalue weighted by atomic mass is 10.3. The summed E-state index contributed by atoms with van der Waals surface area (Å²) in [5.41, 5.74) is 5.95. The molecular formula is C11H15BrN2O4S. The smallest absolute Gasteiger partial charge is 0.245 e. The lowest BCUT2D eigenvalue weighted by Gasteiger charge is -2.31. The molecule has 0 aliphatic carbocycles. The summed E-state index contributed by atoms with van der Waals surface area (Å²) in [5, 5.41) is 9.07. The number of ether oxygens (including phenoxy) is 1. The van der Waals surface area contributed by atoms with Gasteiger partial charge in [-0.15, -0.1) is 0 Å². The van der Waals surface area contributed by atoms with E-state index in [2.05, 4.69) is 15.9 Å². The fraction of sp³-hybridized carbons (Fsp3) is 0.455. The summed E-state index contributed by atoms with van der Waals surface area (Å²) in [6.45, 7) is 0.438.